The van der Waals surface area contributed by atoms with E-state index >= 15 is 0 Å². The molecule has 0 bridgehead atoms. The first-order chi connectivity index (χ1) is 21.0. The van der Waals surface area contributed by atoms with Crippen LogP contribution >= 0.6 is 0 Å². The summed E-state index contributed by atoms with van der Waals surface area (Å²) in [6.07, 6.45) is 3.50. The molecule has 224 valence electrons. The van der Waals surface area contributed by atoms with Crippen molar-refractivity contribution in [3.05, 3.63) is 77.5 Å². The van der Waals surface area contributed by atoms with Gasteiger partial charge in [0.05, 0.1) is 42.3 Å². The second-order valence-electron chi connectivity index (χ2n) is 12.2. The zero-order chi connectivity index (χ0) is 31.0. The Hall–Kier alpha value is -4.63. The Morgan fingerprint density at radius 1 is 1.14 bits per heavy atom. The number of hydrogen-bond acceptors (Lipinski definition) is 6. The summed E-state index contributed by atoms with van der Waals surface area (Å²) < 4.78 is 42.9. The number of halogens is 3. The molecule has 0 spiro atoms. The summed E-state index contributed by atoms with van der Waals surface area (Å²) in [7, 11) is 1.72. The van der Waals surface area contributed by atoms with E-state index in [0.717, 1.165) is 17.8 Å². The highest BCUT2D eigenvalue weighted by Gasteiger charge is 2.72. The van der Waals surface area contributed by atoms with Crippen LogP contribution in [0.2, 0.25) is 0 Å². The predicted octanol–water partition coefficient (Wildman–Crippen LogP) is 4.52. The quantitative estimate of drug-likeness (QED) is 0.398. The van der Waals surface area contributed by atoms with Crippen LogP contribution in [0.3, 0.4) is 0 Å². The van der Waals surface area contributed by atoms with E-state index in [4.69, 9.17) is 0 Å². The SMILES string of the molecule is C[N+]1(C2CCC(F)(F)CC2)C(=O)C2(N(C(=O)[C@@H]3CCC(=O)N3c3cc(C#N)ccn3)c3cncc(F)c3)Cc3cccc1c32. The summed E-state index contributed by atoms with van der Waals surface area (Å²) in [6.45, 7) is 0. The van der Waals surface area contributed by atoms with E-state index in [-0.39, 0.29) is 78.3 Å². The van der Waals surface area contributed by atoms with Crippen LogP contribution in [0, 0.1) is 17.1 Å². The zero-order valence-corrected chi connectivity index (χ0v) is 23.8. The molecule has 44 heavy (non-hydrogen) atoms. The van der Waals surface area contributed by atoms with Gasteiger partial charge in [0.15, 0.2) is 5.54 Å². The Morgan fingerprint density at radius 2 is 1.91 bits per heavy atom. The Balaban J connectivity index is 1.37. The Bertz CT molecular complexity index is 1780. The molecule has 0 radical (unpaired) electrons. The molecule has 3 aromatic rings. The largest absolute Gasteiger partial charge is 0.350 e. The van der Waals surface area contributed by atoms with Crippen molar-refractivity contribution in [1.29, 1.82) is 5.26 Å². The van der Waals surface area contributed by atoms with Gasteiger partial charge in [0, 0.05) is 56.9 Å². The number of likely N-dealkylation sites (N-methyl/N-ethyl adjacent to an activating group) is 1. The van der Waals surface area contributed by atoms with Crippen LogP contribution in [0.15, 0.2) is 55.0 Å². The molecule has 2 aromatic heterocycles. The average molecular weight is 602 g/mol. The van der Waals surface area contributed by atoms with Crippen molar-refractivity contribution in [3.8, 4) is 6.07 Å². The fourth-order valence-corrected chi connectivity index (χ4v) is 7.75. The van der Waals surface area contributed by atoms with Gasteiger partial charge in [-0.3, -0.25) is 24.4 Å². The number of hydrogen-bond donors (Lipinski definition) is 0. The van der Waals surface area contributed by atoms with E-state index in [2.05, 4.69) is 9.97 Å². The fraction of sp³-hybridized carbons (Fsp3) is 0.375. The second-order valence-corrected chi connectivity index (χ2v) is 12.2. The zero-order valence-electron chi connectivity index (χ0n) is 23.8. The summed E-state index contributed by atoms with van der Waals surface area (Å²) in [5.41, 5.74) is 0.822. The van der Waals surface area contributed by atoms with E-state index in [9.17, 15) is 32.8 Å². The highest BCUT2D eigenvalue weighted by Crippen LogP contribution is 2.60. The standard InChI is InChI=1S/C32H28F3N6O3/c1-41(23-7-10-31(34,35)11-8-23)25-4-2-3-20-15-32(28(20)25,30(41)44)40(22-14-21(33)17-37-18-22)29(43)24-5-6-27(42)39(24)26-13-19(16-36)9-12-38-26/h2-4,9,12-14,17-18,23-24H,5-8,10-11,15H2,1H3/q+1/t24-,32?,41?/m0/s1. The third kappa shape index (κ3) is 3.85. The molecule has 3 atom stereocenters. The maximum Gasteiger partial charge on any atom is 0.350 e. The minimum absolute atomic E-state index is 0.0248. The van der Waals surface area contributed by atoms with Crippen LogP contribution in [0.5, 0.6) is 0 Å². The topological polar surface area (TPSA) is 107 Å². The monoisotopic (exact) mass is 601 g/mol. The van der Waals surface area contributed by atoms with Gasteiger partial charge in [-0.2, -0.15) is 5.26 Å². The van der Waals surface area contributed by atoms with Crippen molar-refractivity contribution >= 4 is 34.9 Å². The lowest BCUT2D eigenvalue weighted by Gasteiger charge is -2.47. The minimum atomic E-state index is -2.80. The highest BCUT2D eigenvalue weighted by atomic mass is 19.3. The van der Waals surface area contributed by atoms with Crippen molar-refractivity contribution in [2.75, 3.05) is 16.8 Å². The molecule has 3 amide bonds. The number of carbonyl (C=O) groups is 3. The summed E-state index contributed by atoms with van der Waals surface area (Å²) in [5.74, 6) is -4.76. The molecule has 9 nitrogen and oxygen atoms in total. The number of aromatic nitrogens is 2. The molecule has 1 aromatic carbocycles. The molecule has 4 aliphatic rings. The number of nitrogens with zero attached hydrogens (tertiary/aromatic N) is 6. The number of pyridine rings is 2. The van der Waals surface area contributed by atoms with E-state index < -0.39 is 35.3 Å². The van der Waals surface area contributed by atoms with Crippen LogP contribution in [-0.2, 0) is 26.3 Å². The molecule has 1 saturated carbocycles. The number of benzene rings is 1. The van der Waals surface area contributed by atoms with Gasteiger partial charge in [-0.05, 0) is 24.1 Å². The van der Waals surface area contributed by atoms with Gasteiger partial charge in [-0.15, -0.1) is 0 Å². The lowest BCUT2D eigenvalue weighted by molar-refractivity contribution is -0.140. The fourth-order valence-electron chi connectivity index (χ4n) is 7.75. The third-order valence-electron chi connectivity index (χ3n) is 9.85. The van der Waals surface area contributed by atoms with Crippen molar-refractivity contribution in [3.63, 3.8) is 0 Å². The minimum Gasteiger partial charge on any atom is -0.285 e. The molecule has 0 N–H and O–H groups in total. The van der Waals surface area contributed by atoms with Gasteiger partial charge in [0.2, 0.25) is 11.8 Å². The van der Waals surface area contributed by atoms with Crippen molar-refractivity contribution in [2.45, 2.75) is 68.5 Å². The molecule has 12 heteroatoms. The third-order valence-corrected chi connectivity index (χ3v) is 9.85. The van der Waals surface area contributed by atoms with Crippen LogP contribution in [0.1, 0.15) is 55.2 Å². The van der Waals surface area contributed by atoms with Crippen LogP contribution < -0.4 is 14.3 Å². The van der Waals surface area contributed by atoms with Crippen LogP contribution in [0.4, 0.5) is 30.4 Å². The number of quaternary nitrogens is 1. The first kappa shape index (κ1) is 28.2. The lowest BCUT2D eigenvalue weighted by Crippen LogP contribution is -2.68. The first-order valence-electron chi connectivity index (χ1n) is 14.6. The number of carbonyl (C=O) groups excluding carboxylic acids is 3. The lowest BCUT2D eigenvalue weighted by atomic mass is 9.69. The summed E-state index contributed by atoms with van der Waals surface area (Å²) in [5, 5.41) is 9.42. The summed E-state index contributed by atoms with van der Waals surface area (Å²) >= 11 is 0. The number of rotatable bonds is 5. The van der Waals surface area contributed by atoms with Gasteiger partial charge < -0.3 is 0 Å². The van der Waals surface area contributed by atoms with Crippen LogP contribution in [0.25, 0.3) is 0 Å². The highest BCUT2D eigenvalue weighted by molar-refractivity contribution is 6.17. The van der Waals surface area contributed by atoms with Crippen molar-refractivity contribution in [1.82, 2.24) is 14.5 Å². The van der Waals surface area contributed by atoms with E-state index in [1.165, 1.54) is 34.3 Å². The molecule has 2 fully saturated rings. The van der Waals surface area contributed by atoms with Crippen molar-refractivity contribution in [2.24, 2.45) is 0 Å². The molecule has 7 rings (SSSR count). The summed E-state index contributed by atoms with van der Waals surface area (Å²) in [6, 6.07) is 9.99. The van der Waals surface area contributed by atoms with Gasteiger partial charge in [-0.25, -0.2) is 27.4 Å². The molecule has 1 saturated heterocycles. The van der Waals surface area contributed by atoms with Gasteiger partial charge in [-0.1, -0.05) is 12.1 Å². The first-order valence-corrected chi connectivity index (χ1v) is 14.6. The number of anilines is 2. The van der Waals surface area contributed by atoms with E-state index in [0.29, 0.717) is 11.3 Å². The molecule has 2 aliphatic heterocycles. The molecule has 2 unspecified atom stereocenters. The molecule has 2 aliphatic carbocycles. The molecular weight excluding hydrogens is 573 g/mol. The van der Waals surface area contributed by atoms with Gasteiger partial charge in [0.25, 0.3) is 5.91 Å². The van der Waals surface area contributed by atoms with Crippen LogP contribution in [-0.4, -0.2) is 52.7 Å². The molecule has 4 heterocycles. The van der Waals surface area contributed by atoms with E-state index in [1.807, 2.05) is 18.2 Å². The smallest absolute Gasteiger partial charge is 0.285 e. The Labute approximate surface area is 251 Å². The molecular formula is C32H28F3N6O3+. The van der Waals surface area contributed by atoms with E-state index in [1.54, 1.807) is 13.1 Å². The second kappa shape index (κ2) is 9.69. The maximum atomic E-state index is 15.0. The van der Waals surface area contributed by atoms with Gasteiger partial charge >= 0.3 is 5.91 Å². The maximum absolute atomic E-state index is 15.0. The Morgan fingerprint density at radius 3 is 2.64 bits per heavy atom. The average Bonchev–Trinajstić information content (AvgIpc) is 3.46. The number of alkyl halides is 2. The van der Waals surface area contributed by atoms with Crippen molar-refractivity contribution < 1.29 is 27.6 Å². The summed E-state index contributed by atoms with van der Waals surface area (Å²) in [4.78, 5) is 53.7. The normalized spacial score (nSPS) is 27.1. The Kier molecular flexibility index (Phi) is 6.20. The number of nitriles is 1. The van der Waals surface area contributed by atoms with Gasteiger partial charge in [0.1, 0.15) is 29.4 Å². The predicted molar refractivity (Wildman–Crippen MR) is 153 cm³/mol. The number of amides is 3.